The van der Waals surface area contributed by atoms with Gasteiger partial charge in [0, 0.05) is 13.0 Å². The van der Waals surface area contributed by atoms with Crippen molar-refractivity contribution in [2.24, 2.45) is 5.92 Å². The fraction of sp³-hybridized carbons (Fsp3) is 1.00. The van der Waals surface area contributed by atoms with Crippen LogP contribution in [0, 0.1) is 5.92 Å². The smallest absolute Gasteiger partial charge is 0.102 e. The van der Waals surface area contributed by atoms with Gasteiger partial charge in [-0.05, 0) is 12.3 Å². The van der Waals surface area contributed by atoms with Gasteiger partial charge in [-0.3, -0.25) is 0 Å². The zero-order valence-electron chi connectivity index (χ0n) is 15.2. The molecule has 0 rings (SSSR count). The second-order valence-corrected chi connectivity index (χ2v) is 7.15. The average Bonchev–Trinajstić information content (AvgIpc) is 2.45. The van der Waals surface area contributed by atoms with E-state index < -0.39 is 0 Å². The van der Waals surface area contributed by atoms with Gasteiger partial charge in [0.15, 0.2) is 0 Å². The number of likely N-dealkylation sites (N-methyl/N-ethyl adjacent to an activating group) is 1. The molecular formula is C18H40NO3+. The molecule has 0 aromatic rings. The van der Waals surface area contributed by atoms with Crippen LogP contribution < -0.4 is 0 Å². The molecule has 0 amide bonds. The minimum atomic E-state index is 0.175. The third-order valence-electron chi connectivity index (χ3n) is 4.34. The third-order valence-corrected chi connectivity index (χ3v) is 4.34. The SMILES string of the molecule is CC(C)CCCCCCCOCCC[N+](C)(CCO)CCO. The van der Waals surface area contributed by atoms with Gasteiger partial charge in [0.1, 0.15) is 13.1 Å². The monoisotopic (exact) mass is 318 g/mol. The Balaban J connectivity index is 3.38. The van der Waals surface area contributed by atoms with Crippen LogP contribution in [0.25, 0.3) is 0 Å². The number of quaternary nitrogens is 1. The zero-order chi connectivity index (χ0) is 16.7. The van der Waals surface area contributed by atoms with Gasteiger partial charge in [0.2, 0.25) is 0 Å². The van der Waals surface area contributed by atoms with Crippen LogP contribution in [0.4, 0.5) is 0 Å². The van der Waals surface area contributed by atoms with E-state index in [9.17, 15) is 0 Å². The van der Waals surface area contributed by atoms with Crippen molar-refractivity contribution in [1.82, 2.24) is 0 Å². The number of ether oxygens (including phenoxy) is 1. The molecule has 0 radical (unpaired) electrons. The number of unbranched alkanes of at least 4 members (excludes halogenated alkanes) is 4. The molecular weight excluding hydrogens is 278 g/mol. The summed E-state index contributed by atoms with van der Waals surface area (Å²) in [7, 11) is 2.09. The molecule has 0 saturated heterocycles. The lowest BCUT2D eigenvalue weighted by Gasteiger charge is -2.33. The highest BCUT2D eigenvalue weighted by Gasteiger charge is 2.19. The van der Waals surface area contributed by atoms with Gasteiger partial charge >= 0.3 is 0 Å². The summed E-state index contributed by atoms with van der Waals surface area (Å²) >= 11 is 0. The van der Waals surface area contributed by atoms with Gasteiger partial charge in [0.05, 0.1) is 33.4 Å². The highest BCUT2D eigenvalue weighted by Crippen LogP contribution is 2.10. The Morgan fingerprint density at radius 2 is 1.32 bits per heavy atom. The van der Waals surface area contributed by atoms with E-state index in [1.54, 1.807) is 0 Å². The van der Waals surface area contributed by atoms with Crippen molar-refractivity contribution < 1.29 is 19.4 Å². The summed E-state index contributed by atoms with van der Waals surface area (Å²) in [5.74, 6) is 0.837. The number of aliphatic hydroxyl groups is 2. The molecule has 0 aliphatic heterocycles. The quantitative estimate of drug-likeness (QED) is 0.340. The summed E-state index contributed by atoms with van der Waals surface area (Å²) in [4.78, 5) is 0. The fourth-order valence-corrected chi connectivity index (χ4v) is 2.76. The molecule has 0 bridgehead atoms. The number of rotatable bonds is 16. The van der Waals surface area contributed by atoms with E-state index in [-0.39, 0.29) is 13.2 Å². The zero-order valence-corrected chi connectivity index (χ0v) is 15.2. The van der Waals surface area contributed by atoms with Crippen molar-refractivity contribution in [2.75, 3.05) is 53.1 Å². The summed E-state index contributed by atoms with van der Waals surface area (Å²) < 4.78 is 6.42. The number of aliphatic hydroxyl groups excluding tert-OH is 2. The number of hydrogen-bond donors (Lipinski definition) is 2. The lowest BCUT2D eigenvalue weighted by molar-refractivity contribution is -0.910. The van der Waals surface area contributed by atoms with Gasteiger partial charge in [-0.1, -0.05) is 46.0 Å². The highest BCUT2D eigenvalue weighted by molar-refractivity contribution is 4.48. The molecule has 0 aliphatic carbocycles. The van der Waals surface area contributed by atoms with Crippen LogP contribution in [-0.4, -0.2) is 67.8 Å². The molecule has 0 spiro atoms. The third kappa shape index (κ3) is 13.5. The van der Waals surface area contributed by atoms with E-state index in [1.807, 2.05) is 0 Å². The Bertz CT molecular complexity index is 228. The maximum Gasteiger partial charge on any atom is 0.102 e. The topological polar surface area (TPSA) is 49.7 Å². The van der Waals surface area contributed by atoms with Crippen molar-refractivity contribution in [3.8, 4) is 0 Å². The molecule has 0 aromatic heterocycles. The van der Waals surface area contributed by atoms with Crippen molar-refractivity contribution in [2.45, 2.75) is 58.8 Å². The van der Waals surface area contributed by atoms with Crippen LogP contribution >= 0.6 is 0 Å². The van der Waals surface area contributed by atoms with Gasteiger partial charge in [0.25, 0.3) is 0 Å². The minimum absolute atomic E-state index is 0.175. The molecule has 0 fully saturated rings. The Kier molecular flexibility index (Phi) is 14.3. The van der Waals surface area contributed by atoms with Crippen LogP contribution in [0.1, 0.15) is 58.8 Å². The molecule has 4 heteroatoms. The van der Waals surface area contributed by atoms with Crippen LogP contribution in [0.2, 0.25) is 0 Å². The summed E-state index contributed by atoms with van der Waals surface area (Å²) in [5, 5.41) is 18.2. The summed E-state index contributed by atoms with van der Waals surface area (Å²) in [6, 6.07) is 0. The van der Waals surface area contributed by atoms with E-state index in [1.165, 1.54) is 38.5 Å². The molecule has 4 nitrogen and oxygen atoms in total. The van der Waals surface area contributed by atoms with Crippen molar-refractivity contribution in [3.05, 3.63) is 0 Å². The van der Waals surface area contributed by atoms with Gasteiger partial charge in [-0.25, -0.2) is 0 Å². The molecule has 0 unspecified atom stereocenters. The Labute approximate surface area is 138 Å². The first-order valence-corrected chi connectivity index (χ1v) is 9.17. The van der Waals surface area contributed by atoms with Crippen molar-refractivity contribution in [3.63, 3.8) is 0 Å². The molecule has 0 saturated carbocycles. The van der Waals surface area contributed by atoms with Crippen molar-refractivity contribution in [1.29, 1.82) is 0 Å². The normalized spacial score (nSPS) is 12.3. The Hall–Kier alpha value is -0.160. The molecule has 2 N–H and O–H groups in total. The summed E-state index contributed by atoms with van der Waals surface area (Å²) in [5.41, 5.74) is 0. The summed E-state index contributed by atoms with van der Waals surface area (Å²) in [6.07, 6.45) is 8.85. The first kappa shape index (κ1) is 21.8. The van der Waals surface area contributed by atoms with Crippen molar-refractivity contribution >= 4 is 0 Å². The predicted molar refractivity (Wildman–Crippen MR) is 92.9 cm³/mol. The van der Waals surface area contributed by atoms with Gasteiger partial charge < -0.3 is 19.4 Å². The van der Waals surface area contributed by atoms with Crippen LogP contribution in [-0.2, 0) is 4.74 Å². The number of hydrogen-bond acceptors (Lipinski definition) is 3. The van der Waals surface area contributed by atoms with Crippen LogP contribution in [0.3, 0.4) is 0 Å². The van der Waals surface area contributed by atoms with E-state index in [2.05, 4.69) is 20.9 Å². The largest absolute Gasteiger partial charge is 0.391 e. The molecule has 22 heavy (non-hydrogen) atoms. The van der Waals surface area contributed by atoms with E-state index >= 15 is 0 Å². The fourth-order valence-electron chi connectivity index (χ4n) is 2.76. The minimum Gasteiger partial charge on any atom is -0.391 e. The van der Waals surface area contributed by atoms with Crippen LogP contribution in [0.15, 0.2) is 0 Å². The highest BCUT2D eigenvalue weighted by atomic mass is 16.5. The van der Waals surface area contributed by atoms with Gasteiger partial charge in [-0.15, -0.1) is 0 Å². The number of nitrogens with zero attached hydrogens (tertiary/aromatic N) is 1. The Morgan fingerprint density at radius 3 is 1.91 bits per heavy atom. The van der Waals surface area contributed by atoms with E-state index in [0.717, 1.165) is 36.6 Å². The second kappa shape index (κ2) is 14.4. The van der Waals surface area contributed by atoms with E-state index in [4.69, 9.17) is 14.9 Å². The first-order chi connectivity index (χ1) is 10.5. The Morgan fingerprint density at radius 1 is 0.773 bits per heavy atom. The van der Waals surface area contributed by atoms with E-state index in [0.29, 0.717) is 13.1 Å². The molecule has 0 aliphatic rings. The van der Waals surface area contributed by atoms with Gasteiger partial charge in [-0.2, -0.15) is 0 Å². The first-order valence-electron chi connectivity index (χ1n) is 9.17. The second-order valence-electron chi connectivity index (χ2n) is 7.15. The lowest BCUT2D eigenvalue weighted by atomic mass is 10.0. The average molecular weight is 319 g/mol. The lowest BCUT2D eigenvalue weighted by Crippen LogP contribution is -2.48. The standard InChI is InChI=1S/C18H40NO3/c1-18(2)10-7-5-4-6-8-16-22-17-9-11-19(3,12-14-20)13-15-21/h18,20-21H,4-17H2,1-3H3/q+1. The molecule has 0 heterocycles. The van der Waals surface area contributed by atoms with Crippen LogP contribution in [0.5, 0.6) is 0 Å². The predicted octanol–water partition coefficient (Wildman–Crippen LogP) is 2.82. The molecule has 0 aromatic carbocycles. The maximum atomic E-state index is 9.09. The molecule has 0 atom stereocenters. The molecule has 134 valence electrons. The summed E-state index contributed by atoms with van der Waals surface area (Å²) in [6.45, 7) is 8.95. The maximum absolute atomic E-state index is 9.09.